The van der Waals surface area contributed by atoms with Gasteiger partial charge in [-0.3, -0.25) is 10.5 Å². The van der Waals surface area contributed by atoms with Crippen LogP contribution in [0.25, 0.3) is 0 Å². The average molecular weight is 277 g/mol. The lowest BCUT2D eigenvalue weighted by atomic mass is 9.79. The van der Waals surface area contributed by atoms with Crippen molar-refractivity contribution in [1.82, 2.24) is 10.2 Å². The zero-order valence-electron chi connectivity index (χ0n) is 11.2. The Bertz CT molecular complexity index is 791. The summed E-state index contributed by atoms with van der Waals surface area (Å²) in [5.41, 5.74) is 3.02. The van der Waals surface area contributed by atoms with E-state index >= 15 is 0 Å². The molecule has 3 rings (SSSR count). The number of nitrogens with one attached hydrogen (secondary N) is 2. The molecule has 0 amide bonds. The van der Waals surface area contributed by atoms with Crippen molar-refractivity contribution in [3.63, 3.8) is 0 Å². The second-order valence-electron chi connectivity index (χ2n) is 4.85. The summed E-state index contributed by atoms with van der Waals surface area (Å²) in [5, 5.41) is 33.0. The van der Waals surface area contributed by atoms with E-state index in [-0.39, 0.29) is 11.8 Å². The van der Waals surface area contributed by atoms with Crippen LogP contribution in [0.4, 0.5) is 0 Å². The molecule has 2 unspecified atom stereocenters. The molecule has 0 fully saturated rings. The average Bonchev–Trinajstić information content (AvgIpc) is 2.87. The summed E-state index contributed by atoms with van der Waals surface area (Å²) in [7, 11) is 0. The quantitative estimate of drug-likeness (QED) is 0.832. The number of benzene rings is 1. The van der Waals surface area contributed by atoms with Crippen LogP contribution >= 0.6 is 0 Å². The Morgan fingerprint density at radius 2 is 2.00 bits per heavy atom. The van der Waals surface area contributed by atoms with Crippen LogP contribution in [0.2, 0.25) is 0 Å². The molecule has 2 atom stereocenters. The maximum absolute atomic E-state index is 9.39. The Morgan fingerprint density at radius 1 is 1.29 bits per heavy atom. The number of rotatable bonds is 1. The normalized spacial score (nSPS) is 20.0. The molecule has 6 nitrogen and oxygen atoms in total. The van der Waals surface area contributed by atoms with Gasteiger partial charge < -0.3 is 4.74 Å². The Kier molecular flexibility index (Phi) is 2.93. The van der Waals surface area contributed by atoms with Gasteiger partial charge in [-0.15, -0.1) is 5.10 Å². The zero-order chi connectivity index (χ0) is 15.0. The van der Waals surface area contributed by atoms with Gasteiger partial charge in [-0.05, 0) is 24.6 Å². The van der Waals surface area contributed by atoms with Crippen molar-refractivity contribution in [1.29, 1.82) is 15.9 Å². The van der Waals surface area contributed by atoms with Gasteiger partial charge in [0.05, 0.1) is 17.7 Å². The summed E-state index contributed by atoms with van der Waals surface area (Å²) in [5.74, 6) is -0.788. The van der Waals surface area contributed by atoms with Crippen molar-refractivity contribution < 1.29 is 4.74 Å². The Morgan fingerprint density at radius 3 is 2.62 bits per heavy atom. The van der Waals surface area contributed by atoms with Crippen LogP contribution in [0.15, 0.2) is 24.3 Å². The van der Waals surface area contributed by atoms with Crippen molar-refractivity contribution in [3.05, 3.63) is 46.6 Å². The lowest BCUT2D eigenvalue weighted by Crippen LogP contribution is -2.30. The fraction of sp³-hybridized carbons (Fsp3) is 0.200. The second-order valence-corrected chi connectivity index (χ2v) is 4.85. The van der Waals surface area contributed by atoms with Gasteiger partial charge in [-0.2, -0.15) is 10.5 Å². The van der Waals surface area contributed by atoms with E-state index < -0.39 is 5.92 Å². The van der Waals surface area contributed by atoms with Crippen LogP contribution in [0.3, 0.4) is 0 Å². The Balaban J connectivity index is 2.17. The highest BCUT2D eigenvalue weighted by molar-refractivity contribution is 5.84. The molecule has 0 saturated heterocycles. The molecule has 102 valence electrons. The molecule has 1 aromatic carbocycles. The second kappa shape index (κ2) is 4.77. The number of aryl methyl sites for hydroxylation is 1. The van der Waals surface area contributed by atoms with E-state index in [1.54, 1.807) is 12.1 Å². The van der Waals surface area contributed by atoms with Crippen LogP contribution in [0.5, 0.6) is 5.88 Å². The maximum atomic E-state index is 9.39. The standard InChI is InChI=1S/C15H11N5O/c1-8-12-13(10-4-2-9(6-16)3-5-10)11(7-17)14(18)21-15(12)20-19-8/h2-5,11,13,18H,1H3,(H,19,20). The summed E-state index contributed by atoms with van der Waals surface area (Å²) in [6, 6.07) is 11.2. The molecule has 1 aliphatic heterocycles. The smallest absolute Gasteiger partial charge is 0.243 e. The molecule has 2 aromatic rings. The van der Waals surface area contributed by atoms with Gasteiger partial charge in [0.2, 0.25) is 11.8 Å². The first-order valence-corrected chi connectivity index (χ1v) is 6.36. The minimum absolute atomic E-state index is 0.106. The topological polar surface area (TPSA) is 109 Å². The van der Waals surface area contributed by atoms with E-state index in [9.17, 15) is 5.26 Å². The van der Waals surface area contributed by atoms with Gasteiger partial charge in [0.1, 0.15) is 5.92 Å². The molecule has 0 saturated carbocycles. The number of aromatic nitrogens is 2. The molecule has 0 radical (unpaired) electrons. The third-order valence-electron chi connectivity index (χ3n) is 3.63. The highest BCUT2D eigenvalue weighted by Crippen LogP contribution is 2.42. The van der Waals surface area contributed by atoms with Crippen LogP contribution in [-0.2, 0) is 0 Å². The van der Waals surface area contributed by atoms with Crippen LogP contribution in [-0.4, -0.2) is 16.1 Å². The summed E-state index contributed by atoms with van der Waals surface area (Å²) in [4.78, 5) is 0. The van der Waals surface area contributed by atoms with Gasteiger partial charge in [0.15, 0.2) is 0 Å². The van der Waals surface area contributed by atoms with E-state index in [1.807, 2.05) is 19.1 Å². The predicted molar refractivity (Wildman–Crippen MR) is 73.8 cm³/mol. The van der Waals surface area contributed by atoms with Crippen LogP contribution < -0.4 is 4.74 Å². The zero-order valence-corrected chi connectivity index (χ0v) is 11.2. The van der Waals surface area contributed by atoms with Crippen molar-refractivity contribution in [2.24, 2.45) is 5.92 Å². The first kappa shape index (κ1) is 12.9. The summed E-state index contributed by atoms with van der Waals surface area (Å²) in [6.45, 7) is 1.86. The first-order valence-electron chi connectivity index (χ1n) is 6.36. The van der Waals surface area contributed by atoms with Crippen molar-refractivity contribution in [2.45, 2.75) is 12.8 Å². The van der Waals surface area contributed by atoms with E-state index in [1.165, 1.54) is 0 Å². The van der Waals surface area contributed by atoms with E-state index in [2.05, 4.69) is 22.3 Å². The molecule has 21 heavy (non-hydrogen) atoms. The lowest BCUT2D eigenvalue weighted by Gasteiger charge is -2.27. The fourth-order valence-electron chi connectivity index (χ4n) is 2.60. The number of nitrogens with zero attached hydrogens (tertiary/aromatic N) is 3. The van der Waals surface area contributed by atoms with Gasteiger partial charge in [-0.1, -0.05) is 12.1 Å². The van der Waals surface area contributed by atoms with E-state index in [4.69, 9.17) is 15.4 Å². The van der Waals surface area contributed by atoms with Gasteiger partial charge in [0, 0.05) is 17.2 Å². The molecule has 2 heterocycles. The molecule has 0 spiro atoms. The number of ether oxygens (including phenoxy) is 1. The van der Waals surface area contributed by atoms with Gasteiger partial charge in [-0.25, -0.2) is 0 Å². The van der Waals surface area contributed by atoms with Crippen molar-refractivity contribution in [3.8, 4) is 18.0 Å². The lowest BCUT2D eigenvalue weighted by molar-refractivity contribution is 0.436. The van der Waals surface area contributed by atoms with Crippen molar-refractivity contribution >= 4 is 5.90 Å². The Labute approximate surface area is 121 Å². The Hall–Kier alpha value is -3.12. The highest BCUT2D eigenvalue weighted by atomic mass is 16.5. The number of hydrogen-bond donors (Lipinski definition) is 2. The number of nitriles is 2. The highest BCUT2D eigenvalue weighted by Gasteiger charge is 2.39. The summed E-state index contributed by atoms with van der Waals surface area (Å²) in [6.07, 6.45) is 0. The van der Waals surface area contributed by atoms with Crippen LogP contribution in [0.1, 0.15) is 28.3 Å². The van der Waals surface area contributed by atoms with E-state index in [0.29, 0.717) is 11.4 Å². The molecule has 2 N–H and O–H groups in total. The number of hydrogen-bond acceptors (Lipinski definition) is 5. The third-order valence-corrected chi connectivity index (χ3v) is 3.63. The number of aromatic amines is 1. The number of H-pyrrole nitrogens is 1. The molecule has 0 bridgehead atoms. The molecule has 1 aromatic heterocycles. The van der Waals surface area contributed by atoms with E-state index in [0.717, 1.165) is 16.8 Å². The van der Waals surface area contributed by atoms with Crippen LogP contribution in [0, 0.1) is 40.9 Å². The third kappa shape index (κ3) is 1.94. The number of fused-ring (bicyclic) bond motifs is 1. The maximum Gasteiger partial charge on any atom is 0.243 e. The minimum Gasteiger partial charge on any atom is -0.422 e. The predicted octanol–water partition coefficient (Wildman–Crippen LogP) is 2.23. The summed E-state index contributed by atoms with van der Waals surface area (Å²) >= 11 is 0. The first-order chi connectivity index (χ1) is 10.2. The summed E-state index contributed by atoms with van der Waals surface area (Å²) < 4.78 is 5.32. The largest absolute Gasteiger partial charge is 0.422 e. The molecular weight excluding hydrogens is 266 g/mol. The SMILES string of the molecule is Cc1[nH]nc2c1C(c1ccc(C#N)cc1)C(C#N)C(=N)O2. The minimum atomic E-state index is -0.707. The molecule has 0 aliphatic carbocycles. The monoisotopic (exact) mass is 277 g/mol. The van der Waals surface area contributed by atoms with Crippen molar-refractivity contribution in [2.75, 3.05) is 0 Å². The van der Waals surface area contributed by atoms with Gasteiger partial charge >= 0.3 is 0 Å². The molecule has 1 aliphatic rings. The fourth-order valence-corrected chi connectivity index (χ4v) is 2.60. The molecule has 6 heteroatoms. The molecular formula is C15H11N5O. The van der Waals surface area contributed by atoms with Gasteiger partial charge in [0.25, 0.3) is 0 Å².